The number of para-hydroxylation sites is 2. The zero-order valence-electron chi connectivity index (χ0n) is 20.0. The molecule has 0 aromatic heterocycles. The molecule has 4 aromatic carbocycles. The van der Waals surface area contributed by atoms with Crippen LogP contribution in [0.15, 0.2) is 66.7 Å². The van der Waals surface area contributed by atoms with Gasteiger partial charge in [-0.2, -0.15) is 0 Å². The molecule has 0 aliphatic carbocycles. The van der Waals surface area contributed by atoms with Crippen molar-refractivity contribution in [2.45, 2.75) is 34.6 Å². The van der Waals surface area contributed by atoms with Crippen molar-refractivity contribution >= 4 is 17.1 Å². The van der Waals surface area contributed by atoms with Crippen molar-refractivity contribution in [2.24, 2.45) is 0 Å². The SMILES string of the molecule is Cc1ccc(O)c(Oc2ccccc2N(c2c(O)ccc(C)c2C)c2c(O)ccc(C)c2C)c1. The average molecular weight is 456 g/mol. The van der Waals surface area contributed by atoms with E-state index in [0.717, 1.165) is 27.8 Å². The third-order valence-corrected chi connectivity index (χ3v) is 6.25. The van der Waals surface area contributed by atoms with Crippen LogP contribution in [0.1, 0.15) is 27.8 Å². The summed E-state index contributed by atoms with van der Waals surface area (Å²) in [7, 11) is 0. The van der Waals surface area contributed by atoms with Crippen molar-refractivity contribution in [1.29, 1.82) is 0 Å². The smallest absolute Gasteiger partial charge is 0.169 e. The van der Waals surface area contributed by atoms with Gasteiger partial charge in [-0.15, -0.1) is 0 Å². The fraction of sp³-hybridized carbons (Fsp3) is 0.172. The Morgan fingerprint density at radius 1 is 0.588 bits per heavy atom. The lowest BCUT2D eigenvalue weighted by Gasteiger charge is -2.31. The lowest BCUT2D eigenvalue weighted by Crippen LogP contribution is -2.15. The highest BCUT2D eigenvalue weighted by molar-refractivity contribution is 5.89. The van der Waals surface area contributed by atoms with Crippen molar-refractivity contribution in [3.05, 3.63) is 94.5 Å². The Hall–Kier alpha value is -4.12. The molecule has 0 amide bonds. The molecule has 0 aliphatic heterocycles. The van der Waals surface area contributed by atoms with Crippen LogP contribution in [0.25, 0.3) is 0 Å². The summed E-state index contributed by atoms with van der Waals surface area (Å²) in [5.41, 5.74) is 6.39. The highest BCUT2D eigenvalue weighted by Gasteiger charge is 2.26. The maximum atomic E-state index is 11.0. The summed E-state index contributed by atoms with van der Waals surface area (Å²) in [6, 6.07) is 19.6. The molecule has 34 heavy (non-hydrogen) atoms. The summed E-state index contributed by atoms with van der Waals surface area (Å²) in [6.07, 6.45) is 0. The van der Waals surface area contributed by atoms with Crippen LogP contribution >= 0.6 is 0 Å². The monoisotopic (exact) mass is 455 g/mol. The van der Waals surface area contributed by atoms with Gasteiger partial charge in [-0.3, -0.25) is 4.90 Å². The number of benzene rings is 4. The van der Waals surface area contributed by atoms with E-state index in [2.05, 4.69) is 0 Å². The normalized spacial score (nSPS) is 10.9. The zero-order valence-corrected chi connectivity index (χ0v) is 20.0. The molecular weight excluding hydrogens is 426 g/mol. The van der Waals surface area contributed by atoms with E-state index in [4.69, 9.17) is 4.74 Å². The topological polar surface area (TPSA) is 73.2 Å². The van der Waals surface area contributed by atoms with E-state index in [1.54, 1.807) is 30.3 Å². The number of aromatic hydroxyl groups is 3. The molecule has 5 heteroatoms. The molecular formula is C29H29NO4. The van der Waals surface area contributed by atoms with Crippen LogP contribution in [0.5, 0.6) is 28.7 Å². The van der Waals surface area contributed by atoms with E-state index in [0.29, 0.717) is 28.6 Å². The number of nitrogens with zero attached hydrogens (tertiary/aromatic N) is 1. The molecule has 0 unspecified atom stereocenters. The average Bonchev–Trinajstić information content (AvgIpc) is 2.81. The van der Waals surface area contributed by atoms with E-state index in [1.807, 2.05) is 75.9 Å². The van der Waals surface area contributed by atoms with Crippen LogP contribution in [0, 0.1) is 34.6 Å². The summed E-state index contributed by atoms with van der Waals surface area (Å²) < 4.78 is 6.21. The Morgan fingerprint density at radius 2 is 1.12 bits per heavy atom. The maximum Gasteiger partial charge on any atom is 0.169 e. The number of ether oxygens (including phenoxy) is 1. The van der Waals surface area contributed by atoms with Gasteiger partial charge in [0, 0.05) is 0 Å². The van der Waals surface area contributed by atoms with Gasteiger partial charge in [-0.25, -0.2) is 0 Å². The highest BCUT2D eigenvalue weighted by atomic mass is 16.5. The number of phenols is 3. The first-order valence-corrected chi connectivity index (χ1v) is 11.1. The van der Waals surface area contributed by atoms with Gasteiger partial charge in [0.25, 0.3) is 0 Å². The molecule has 0 atom stereocenters. The first kappa shape index (κ1) is 23.1. The second-order valence-electron chi connectivity index (χ2n) is 8.63. The van der Waals surface area contributed by atoms with Crippen molar-refractivity contribution in [3.63, 3.8) is 0 Å². The number of aryl methyl sites for hydroxylation is 3. The third kappa shape index (κ3) is 4.13. The molecule has 3 N–H and O–H groups in total. The molecule has 0 radical (unpaired) electrons. The van der Waals surface area contributed by atoms with Crippen molar-refractivity contribution in [1.82, 2.24) is 0 Å². The van der Waals surface area contributed by atoms with Gasteiger partial charge in [0.1, 0.15) is 11.5 Å². The lowest BCUT2D eigenvalue weighted by atomic mass is 10.0. The Bertz CT molecular complexity index is 1320. The summed E-state index contributed by atoms with van der Waals surface area (Å²) in [5, 5.41) is 32.4. The minimum Gasteiger partial charge on any atom is -0.506 e. The summed E-state index contributed by atoms with van der Waals surface area (Å²) in [6.45, 7) is 9.76. The van der Waals surface area contributed by atoms with Crippen LogP contribution in [0.2, 0.25) is 0 Å². The van der Waals surface area contributed by atoms with Gasteiger partial charge in [-0.1, -0.05) is 30.3 Å². The van der Waals surface area contributed by atoms with Crippen LogP contribution in [-0.2, 0) is 0 Å². The van der Waals surface area contributed by atoms with Gasteiger partial charge in [0.05, 0.1) is 17.1 Å². The predicted octanol–water partition coefficient (Wildman–Crippen LogP) is 7.61. The molecule has 174 valence electrons. The number of rotatable bonds is 5. The van der Waals surface area contributed by atoms with Gasteiger partial charge in [0.15, 0.2) is 17.2 Å². The Kier molecular flexibility index (Phi) is 6.12. The van der Waals surface area contributed by atoms with Gasteiger partial charge < -0.3 is 20.1 Å². The van der Waals surface area contributed by atoms with Gasteiger partial charge >= 0.3 is 0 Å². The van der Waals surface area contributed by atoms with E-state index < -0.39 is 0 Å². The highest BCUT2D eigenvalue weighted by Crippen LogP contribution is 2.51. The summed E-state index contributed by atoms with van der Waals surface area (Å²) in [4.78, 5) is 1.83. The first-order valence-electron chi connectivity index (χ1n) is 11.1. The number of anilines is 3. The van der Waals surface area contributed by atoms with Crippen molar-refractivity contribution in [2.75, 3.05) is 4.90 Å². The van der Waals surface area contributed by atoms with Crippen LogP contribution < -0.4 is 9.64 Å². The quantitative estimate of drug-likeness (QED) is 0.289. The van der Waals surface area contributed by atoms with Gasteiger partial charge in [-0.05, 0) is 98.8 Å². The molecule has 0 saturated heterocycles. The third-order valence-electron chi connectivity index (χ3n) is 6.25. The maximum absolute atomic E-state index is 11.0. The minimum absolute atomic E-state index is 0.0242. The predicted molar refractivity (Wildman–Crippen MR) is 136 cm³/mol. The van der Waals surface area contributed by atoms with Crippen LogP contribution in [-0.4, -0.2) is 15.3 Å². The largest absolute Gasteiger partial charge is 0.506 e. The molecule has 0 aliphatic rings. The Balaban J connectivity index is 2.02. The number of phenolic OH excluding ortho intramolecular Hbond substituents is 3. The Labute approximate surface area is 200 Å². The molecule has 0 spiro atoms. The second kappa shape index (κ2) is 9.02. The number of hydrogen-bond acceptors (Lipinski definition) is 5. The lowest BCUT2D eigenvalue weighted by molar-refractivity contribution is 0.411. The minimum atomic E-state index is 0.0242. The molecule has 0 heterocycles. The van der Waals surface area contributed by atoms with Crippen molar-refractivity contribution in [3.8, 4) is 28.7 Å². The van der Waals surface area contributed by atoms with Gasteiger partial charge in [0.2, 0.25) is 0 Å². The van der Waals surface area contributed by atoms with Crippen LogP contribution in [0.4, 0.5) is 17.1 Å². The molecule has 4 rings (SSSR count). The number of hydrogen-bond donors (Lipinski definition) is 3. The molecule has 5 nitrogen and oxygen atoms in total. The molecule has 0 bridgehead atoms. The van der Waals surface area contributed by atoms with E-state index in [-0.39, 0.29) is 17.2 Å². The second-order valence-corrected chi connectivity index (χ2v) is 8.63. The molecule has 4 aromatic rings. The fourth-order valence-corrected chi connectivity index (χ4v) is 4.04. The zero-order chi connectivity index (χ0) is 24.6. The fourth-order valence-electron chi connectivity index (χ4n) is 4.04. The van der Waals surface area contributed by atoms with E-state index in [1.165, 1.54) is 0 Å². The van der Waals surface area contributed by atoms with Crippen LogP contribution in [0.3, 0.4) is 0 Å². The van der Waals surface area contributed by atoms with Crippen molar-refractivity contribution < 1.29 is 20.1 Å². The first-order chi connectivity index (χ1) is 16.2. The Morgan fingerprint density at radius 3 is 1.71 bits per heavy atom. The molecule has 0 fully saturated rings. The van der Waals surface area contributed by atoms with E-state index >= 15 is 0 Å². The molecule has 0 saturated carbocycles. The summed E-state index contributed by atoms with van der Waals surface area (Å²) >= 11 is 0. The van der Waals surface area contributed by atoms with E-state index in [9.17, 15) is 15.3 Å². The summed E-state index contributed by atoms with van der Waals surface area (Å²) in [5.74, 6) is 0.969. The standard InChI is InChI=1S/C29H29NO4/c1-17-10-13-23(31)27(16-17)34-26-9-7-6-8-22(26)30(28-20(4)18(2)11-14-24(28)32)29-21(5)19(3)12-15-25(29)33/h6-16,31-33H,1-5H3.